The molecule has 2 atom stereocenters. The van der Waals surface area contributed by atoms with Crippen LogP contribution in [0.25, 0.3) is 0 Å². The number of hydrogen-bond acceptors (Lipinski definition) is 4. The van der Waals surface area contributed by atoms with Gasteiger partial charge in [-0.15, -0.1) is 0 Å². The third-order valence-electron chi connectivity index (χ3n) is 3.28. The number of ether oxygens (including phenoxy) is 1. The van der Waals surface area contributed by atoms with Crippen molar-refractivity contribution >= 4 is 5.91 Å². The first-order chi connectivity index (χ1) is 9.01. The lowest BCUT2D eigenvalue weighted by atomic mass is 10.1. The number of phenols is 1. The van der Waals surface area contributed by atoms with Gasteiger partial charge >= 0.3 is 0 Å². The summed E-state index contributed by atoms with van der Waals surface area (Å²) in [5.41, 5.74) is 0.321. The average Bonchev–Trinajstić information content (AvgIpc) is 2.36. The van der Waals surface area contributed by atoms with E-state index in [-0.39, 0.29) is 23.7 Å². The van der Waals surface area contributed by atoms with Gasteiger partial charge < -0.3 is 20.1 Å². The van der Waals surface area contributed by atoms with Crippen LogP contribution in [0.3, 0.4) is 0 Å². The van der Waals surface area contributed by atoms with E-state index in [1.165, 1.54) is 13.2 Å². The van der Waals surface area contributed by atoms with Crippen molar-refractivity contribution in [3.63, 3.8) is 0 Å². The van der Waals surface area contributed by atoms with Gasteiger partial charge in [0.2, 0.25) is 0 Å². The first-order valence-electron chi connectivity index (χ1n) is 6.43. The number of piperazine rings is 1. The second-order valence-electron chi connectivity index (χ2n) is 5.06. The normalized spacial score (nSPS) is 23.2. The molecular weight excluding hydrogens is 244 g/mol. The number of amides is 1. The number of nitrogens with zero attached hydrogens (tertiary/aromatic N) is 1. The van der Waals surface area contributed by atoms with E-state index in [4.69, 9.17) is 4.74 Å². The molecule has 0 saturated carbocycles. The minimum atomic E-state index is -0.139. The van der Waals surface area contributed by atoms with Crippen LogP contribution in [-0.4, -0.2) is 48.2 Å². The van der Waals surface area contributed by atoms with Gasteiger partial charge in [-0.25, -0.2) is 0 Å². The Morgan fingerprint density at radius 3 is 2.53 bits per heavy atom. The molecule has 1 fully saturated rings. The van der Waals surface area contributed by atoms with Gasteiger partial charge in [-0.2, -0.15) is 0 Å². The Labute approximate surface area is 113 Å². The van der Waals surface area contributed by atoms with Gasteiger partial charge in [0.05, 0.1) is 12.7 Å². The molecule has 0 bridgehead atoms. The summed E-state index contributed by atoms with van der Waals surface area (Å²) in [5, 5.41) is 13.3. The molecule has 1 aliphatic rings. The third kappa shape index (κ3) is 2.98. The van der Waals surface area contributed by atoms with E-state index in [1.54, 1.807) is 17.0 Å². The molecule has 1 aliphatic heterocycles. The lowest BCUT2D eigenvalue weighted by molar-refractivity contribution is 0.0670. The van der Waals surface area contributed by atoms with Crippen molar-refractivity contribution in [2.75, 3.05) is 20.2 Å². The lowest BCUT2D eigenvalue weighted by Gasteiger charge is -2.36. The zero-order chi connectivity index (χ0) is 14.0. The predicted octanol–water partition coefficient (Wildman–Crippen LogP) is 1.22. The van der Waals surface area contributed by atoms with E-state index in [9.17, 15) is 9.90 Å². The summed E-state index contributed by atoms with van der Waals surface area (Å²) in [7, 11) is 1.52. The SMILES string of the molecule is COc1ccc(C(=O)N2CC(C)NC(C)C2)c(O)c1. The van der Waals surface area contributed by atoms with Gasteiger partial charge in [-0.3, -0.25) is 4.79 Å². The van der Waals surface area contributed by atoms with Crippen LogP contribution < -0.4 is 10.1 Å². The van der Waals surface area contributed by atoms with Crippen molar-refractivity contribution in [3.8, 4) is 11.5 Å². The van der Waals surface area contributed by atoms with Gasteiger partial charge in [0, 0.05) is 31.2 Å². The highest BCUT2D eigenvalue weighted by atomic mass is 16.5. The van der Waals surface area contributed by atoms with Gasteiger partial charge in [-0.1, -0.05) is 0 Å². The molecule has 5 nitrogen and oxygen atoms in total. The average molecular weight is 264 g/mol. The number of hydrogen-bond donors (Lipinski definition) is 2. The molecule has 1 aromatic rings. The predicted molar refractivity (Wildman–Crippen MR) is 72.6 cm³/mol. The Hall–Kier alpha value is -1.75. The minimum absolute atomic E-state index is 0.0387. The molecule has 0 aliphatic carbocycles. The highest BCUT2D eigenvalue weighted by molar-refractivity contribution is 5.97. The van der Waals surface area contributed by atoms with Crippen molar-refractivity contribution in [1.82, 2.24) is 10.2 Å². The quantitative estimate of drug-likeness (QED) is 0.843. The molecule has 1 aromatic carbocycles. The number of benzene rings is 1. The molecule has 0 radical (unpaired) electrons. The van der Waals surface area contributed by atoms with E-state index in [1.807, 2.05) is 13.8 Å². The summed E-state index contributed by atoms with van der Waals surface area (Å²) in [6, 6.07) is 5.26. The molecule has 2 N–H and O–H groups in total. The fourth-order valence-electron chi connectivity index (χ4n) is 2.48. The highest BCUT2D eigenvalue weighted by Gasteiger charge is 2.26. The van der Waals surface area contributed by atoms with Crippen molar-refractivity contribution in [1.29, 1.82) is 0 Å². The van der Waals surface area contributed by atoms with Crippen molar-refractivity contribution in [3.05, 3.63) is 23.8 Å². The van der Waals surface area contributed by atoms with Crippen LogP contribution in [0.15, 0.2) is 18.2 Å². The van der Waals surface area contributed by atoms with Crippen LogP contribution in [0.1, 0.15) is 24.2 Å². The van der Waals surface area contributed by atoms with Crippen LogP contribution in [0.4, 0.5) is 0 Å². The van der Waals surface area contributed by atoms with E-state index in [0.29, 0.717) is 24.4 Å². The van der Waals surface area contributed by atoms with Crippen LogP contribution in [-0.2, 0) is 0 Å². The standard InChI is InChI=1S/C14H20N2O3/c1-9-7-16(8-10(2)15-9)14(18)12-5-4-11(19-3)6-13(12)17/h4-6,9-10,15,17H,7-8H2,1-3H3. The number of aromatic hydroxyl groups is 1. The molecule has 0 spiro atoms. The van der Waals surface area contributed by atoms with Crippen molar-refractivity contribution in [2.24, 2.45) is 0 Å². The molecule has 104 valence electrons. The lowest BCUT2D eigenvalue weighted by Crippen LogP contribution is -2.55. The first kappa shape index (κ1) is 13.7. The fourth-order valence-corrected chi connectivity index (χ4v) is 2.48. The number of methoxy groups -OCH3 is 1. The van der Waals surface area contributed by atoms with Crippen LogP contribution >= 0.6 is 0 Å². The molecule has 2 rings (SSSR count). The second-order valence-corrected chi connectivity index (χ2v) is 5.06. The van der Waals surface area contributed by atoms with Crippen molar-refractivity contribution < 1.29 is 14.6 Å². The van der Waals surface area contributed by atoms with Crippen LogP contribution in [0, 0.1) is 0 Å². The summed E-state index contributed by atoms with van der Waals surface area (Å²) < 4.78 is 5.01. The second kappa shape index (κ2) is 5.48. The molecule has 1 saturated heterocycles. The molecule has 2 unspecified atom stereocenters. The Kier molecular flexibility index (Phi) is 3.95. The zero-order valence-electron chi connectivity index (χ0n) is 11.5. The van der Waals surface area contributed by atoms with Gasteiger partial charge in [0.15, 0.2) is 0 Å². The van der Waals surface area contributed by atoms with Crippen LogP contribution in [0.5, 0.6) is 11.5 Å². The van der Waals surface area contributed by atoms with E-state index in [0.717, 1.165) is 0 Å². The van der Waals surface area contributed by atoms with E-state index in [2.05, 4.69) is 5.32 Å². The molecule has 19 heavy (non-hydrogen) atoms. The summed E-state index contributed by atoms with van der Waals surface area (Å²) in [5.74, 6) is 0.361. The molecule has 1 amide bonds. The monoisotopic (exact) mass is 264 g/mol. The van der Waals surface area contributed by atoms with Gasteiger partial charge in [0.25, 0.3) is 5.91 Å². The number of nitrogens with one attached hydrogen (secondary N) is 1. The summed E-state index contributed by atoms with van der Waals surface area (Å²) in [6.07, 6.45) is 0. The van der Waals surface area contributed by atoms with Crippen molar-refractivity contribution in [2.45, 2.75) is 25.9 Å². The summed E-state index contributed by atoms with van der Waals surface area (Å²) in [4.78, 5) is 14.2. The number of carbonyl (C=O) groups excluding carboxylic acids is 1. The third-order valence-corrected chi connectivity index (χ3v) is 3.28. The topological polar surface area (TPSA) is 61.8 Å². The maximum atomic E-state index is 12.4. The number of carbonyl (C=O) groups is 1. The Balaban J connectivity index is 2.19. The zero-order valence-corrected chi connectivity index (χ0v) is 11.5. The Morgan fingerprint density at radius 1 is 1.37 bits per heavy atom. The minimum Gasteiger partial charge on any atom is -0.507 e. The molecule has 5 heteroatoms. The maximum absolute atomic E-state index is 12.4. The van der Waals surface area contributed by atoms with Gasteiger partial charge in [0.1, 0.15) is 11.5 Å². The van der Waals surface area contributed by atoms with Crippen LogP contribution in [0.2, 0.25) is 0 Å². The molecule has 0 aromatic heterocycles. The fraction of sp³-hybridized carbons (Fsp3) is 0.500. The molecular formula is C14H20N2O3. The number of rotatable bonds is 2. The summed E-state index contributed by atoms with van der Waals surface area (Å²) >= 11 is 0. The Bertz CT molecular complexity index is 466. The van der Waals surface area contributed by atoms with E-state index < -0.39 is 0 Å². The smallest absolute Gasteiger partial charge is 0.257 e. The maximum Gasteiger partial charge on any atom is 0.257 e. The van der Waals surface area contributed by atoms with Gasteiger partial charge in [-0.05, 0) is 26.0 Å². The highest BCUT2D eigenvalue weighted by Crippen LogP contribution is 2.25. The molecule has 1 heterocycles. The Morgan fingerprint density at radius 2 is 2.00 bits per heavy atom. The summed E-state index contributed by atoms with van der Waals surface area (Å²) in [6.45, 7) is 5.39. The number of phenolic OH excluding ortho intramolecular Hbond substituents is 1. The first-order valence-corrected chi connectivity index (χ1v) is 6.43. The van der Waals surface area contributed by atoms with E-state index >= 15 is 0 Å². The largest absolute Gasteiger partial charge is 0.507 e.